The number of unbranched alkanes of at least 4 members (excludes halogenated alkanes) is 1. The second-order valence-electron chi connectivity index (χ2n) is 8.06. The molecule has 0 fully saturated rings. The predicted molar refractivity (Wildman–Crippen MR) is 121 cm³/mol. The maximum Gasteiger partial charge on any atom is 0.261 e. The molecule has 2 aromatic rings. The Labute approximate surface area is 171 Å². The first-order valence-corrected chi connectivity index (χ1v) is 11.9. The zero-order valence-electron chi connectivity index (χ0n) is 17.3. The molecule has 28 heavy (non-hydrogen) atoms. The topological polar surface area (TPSA) is 29.5 Å². The van der Waals surface area contributed by atoms with Crippen LogP contribution in [-0.4, -0.2) is 26.1 Å². The SMILES string of the molecule is C#CC[C@H](O)/C=C/CCCO[Si](c1ccccc1)(c1ccccc1)C(C)(C)C. The molecule has 0 aliphatic heterocycles. The average Bonchev–Trinajstić information content (AvgIpc) is 2.68. The van der Waals surface area contributed by atoms with Crippen molar-refractivity contribution in [1.82, 2.24) is 0 Å². The van der Waals surface area contributed by atoms with Crippen LogP contribution in [0.4, 0.5) is 0 Å². The van der Waals surface area contributed by atoms with E-state index in [1.54, 1.807) is 6.08 Å². The molecule has 0 saturated heterocycles. The summed E-state index contributed by atoms with van der Waals surface area (Å²) < 4.78 is 6.83. The summed E-state index contributed by atoms with van der Waals surface area (Å²) in [5.41, 5.74) is 0. The first-order chi connectivity index (χ1) is 13.4. The van der Waals surface area contributed by atoms with Crippen molar-refractivity contribution in [3.8, 4) is 12.3 Å². The highest BCUT2D eigenvalue weighted by atomic mass is 28.4. The van der Waals surface area contributed by atoms with Crippen LogP contribution < -0.4 is 10.4 Å². The molecular formula is C25H32O2Si. The van der Waals surface area contributed by atoms with Gasteiger partial charge in [-0.05, 0) is 28.3 Å². The number of allylic oxidation sites excluding steroid dienone is 1. The van der Waals surface area contributed by atoms with Gasteiger partial charge in [-0.1, -0.05) is 93.6 Å². The Morgan fingerprint density at radius 3 is 2.04 bits per heavy atom. The number of rotatable bonds is 9. The van der Waals surface area contributed by atoms with Crippen molar-refractivity contribution in [1.29, 1.82) is 0 Å². The molecule has 1 N–H and O–H groups in total. The molecule has 3 heteroatoms. The van der Waals surface area contributed by atoms with Crippen LogP contribution in [0.1, 0.15) is 40.0 Å². The average molecular weight is 393 g/mol. The maximum absolute atomic E-state index is 9.69. The molecule has 148 valence electrons. The number of aliphatic hydroxyl groups excluding tert-OH is 1. The van der Waals surface area contributed by atoms with E-state index in [0.717, 1.165) is 12.8 Å². The second-order valence-corrected chi connectivity index (χ2v) is 12.4. The fraction of sp³-hybridized carbons (Fsp3) is 0.360. The number of aliphatic hydroxyl groups is 1. The zero-order valence-corrected chi connectivity index (χ0v) is 18.3. The summed E-state index contributed by atoms with van der Waals surface area (Å²) in [7, 11) is -2.44. The van der Waals surface area contributed by atoms with Gasteiger partial charge in [0.1, 0.15) is 0 Å². The van der Waals surface area contributed by atoms with Crippen LogP contribution in [0.25, 0.3) is 0 Å². The van der Waals surface area contributed by atoms with Crippen molar-refractivity contribution < 1.29 is 9.53 Å². The van der Waals surface area contributed by atoms with E-state index in [0.29, 0.717) is 13.0 Å². The minimum absolute atomic E-state index is 0.00542. The highest BCUT2D eigenvalue weighted by molar-refractivity contribution is 6.99. The third-order valence-corrected chi connectivity index (χ3v) is 9.98. The standard InChI is InChI=1S/C25H32O2Si/c1-5-15-22(26)16-9-8-14-21-27-28(25(2,3)4,23-17-10-6-11-18-23)24-19-12-7-13-20-24/h1,6-7,9-13,16-20,22,26H,8,14-15,21H2,2-4H3/b16-9+/t22-/m0/s1. The molecule has 2 nitrogen and oxygen atoms in total. The lowest BCUT2D eigenvalue weighted by Gasteiger charge is -2.43. The molecule has 0 spiro atoms. The molecule has 2 aromatic carbocycles. The summed E-state index contributed by atoms with van der Waals surface area (Å²) in [6, 6.07) is 21.4. The Hall–Kier alpha value is -2.12. The summed E-state index contributed by atoms with van der Waals surface area (Å²) in [6.45, 7) is 7.54. The fourth-order valence-electron chi connectivity index (χ4n) is 3.63. The van der Waals surface area contributed by atoms with Gasteiger partial charge in [0, 0.05) is 13.0 Å². The lowest BCUT2D eigenvalue weighted by atomic mass is 10.2. The minimum atomic E-state index is -2.44. The number of benzene rings is 2. The van der Waals surface area contributed by atoms with E-state index < -0.39 is 14.4 Å². The summed E-state index contributed by atoms with van der Waals surface area (Å²) >= 11 is 0. The van der Waals surface area contributed by atoms with Crippen LogP contribution in [-0.2, 0) is 4.43 Å². The van der Waals surface area contributed by atoms with Gasteiger partial charge in [-0.15, -0.1) is 12.3 Å². The van der Waals surface area contributed by atoms with Gasteiger partial charge < -0.3 is 9.53 Å². The molecule has 2 rings (SSSR count). The van der Waals surface area contributed by atoms with Crippen molar-refractivity contribution in [3.63, 3.8) is 0 Å². The Kier molecular flexibility index (Phi) is 8.26. The van der Waals surface area contributed by atoms with Gasteiger partial charge in [0.25, 0.3) is 8.32 Å². The van der Waals surface area contributed by atoms with Crippen LogP contribution in [0.3, 0.4) is 0 Å². The van der Waals surface area contributed by atoms with Gasteiger partial charge in [-0.25, -0.2) is 0 Å². The number of hydrogen-bond donors (Lipinski definition) is 1. The molecule has 1 atom stereocenters. The highest BCUT2D eigenvalue weighted by Gasteiger charge is 2.49. The van der Waals surface area contributed by atoms with Gasteiger partial charge in [0.05, 0.1) is 6.10 Å². The van der Waals surface area contributed by atoms with E-state index in [2.05, 4.69) is 87.4 Å². The summed E-state index contributed by atoms with van der Waals surface area (Å²) in [5, 5.41) is 12.3. The number of terminal acetylenes is 1. The van der Waals surface area contributed by atoms with Crippen LogP contribution in [0.2, 0.25) is 5.04 Å². The van der Waals surface area contributed by atoms with Gasteiger partial charge >= 0.3 is 0 Å². The van der Waals surface area contributed by atoms with Crippen LogP contribution in [0.5, 0.6) is 0 Å². The van der Waals surface area contributed by atoms with E-state index in [9.17, 15) is 5.11 Å². The first kappa shape index (κ1) is 22.2. The minimum Gasteiger partial charge on any atom is -0.407 e. The molecule has 0 saturated carbocycles. The molecule has 0 amide bonds. The lowest BCUT2D eigenvalue weighted by Crippen LogP contribution is -2.66. The molecule has 0 bridgehead atoms. The molecule has 0 aliphatic carbocycles. The van der Waals surface area contributed by atoms with Gasteiger partial charge in [-0.2, -0.15) is 0 Å². The molecule has 0 unspecified atom stereocenters. The molecule has 0 radical (unpaired) electrons. The van der Waals surface area contributed by atoms with Crippen molar-refractivity contribution in [2.45, 2.75) is 51.2 Å². The Morgan fingerprint density at radius 1 is 1.04 bits per heavy atom. The Balaban J connectivity index is 2.22. The van der Waals surface area contributed by atoms with Crippen molar-refractivity contribution >= 4 is 18.7 Å². The zero-order chi connectivity index (χ0) is 20.5. The van der Waals surface area contributed by atoms with E-state index in [-0.39, 0.29) is 5.04 Å². The van der Waals surface area contributed by atoms with Crippen molar-refractivity contribution in [2.24, 2.45) is 0 Å². The summed E-state index contributed by atoms with van der Waals surface area (Å²) in [4.78, 5) is 0. The van der Waals surface area contributed by atoms with Crippen molar-refractivity contribution in [3.05, 3.63) is 72.8 Å². The normalized spacial score (nSPS) is 13.4. The molecule has 0 aromatic heterocycles. The largest absolute Gasteiger partial charge is 0.407 e. The predicted octanol–water partition coefficient (Wildman–Crippen LogP) is 4.28. The first-order valence-electron chi connectivity index (χ1n) is 9.95. The lowest BCUT2D eigenvalue weighted by molar-refractivity contribution is 0.229. The molecular weight excluding hydrogens is 360 g/mol. The van der Waals surface area contributed by atoms with Crippen LogP contribution in [0, 0.1) is 12.3 Å². The maximum atomic E-state index is 9.69. The van der Waals surface area contributed by atoms with Crippen molar-refractivity contribution in [2.75, 3.05) is 6.61 Å². The van der Waals surface area contributed by atoms with E-state index >= 15 is 0 Å². The van der Waals surface area contributed by atoms with Crippen LogP contribution in [0.15, 0.2) is 72.8 Å². The quantitative estimate of drug-likeness (QED) is 0.299. The van der Waals surface area contributed by atoms with Gasteiger partial charge in [0.15, 0.2) is 0 Å². The van der Waals surface area contributed by atoms with Gasteiger partial charge in [0.2, 0.25) is 0 Å². The Bertz CT molecular complexity index is 730. The monoisotopic (exact) mass is 392 g/mol. The molecule has 0 aliphatic rings. The third kappa shape index (κ3) is 5.45. The fourth-order valence-corrected chi connectivity index (χ4v) is 8.24. The smallest absolute Gasteiger partial charge is 0.261 e. The third-order valence-electron chi connectivity index (χ3n) is 4.94. The van der Waals surface area contributed by atoms with Gasteiger partial charge in [-0.3, -0.25) is 0 Å². The second kappa shape index (κ2) is 10.4. The summed E-state index contributed by atoms with van der Waals surface area (Å²) in [6.07, 6.45) is 10.6. The number of hydrogen-bond acceptors (Lipinski definition) is 2. The highest BCUT2D eigenvalue weighted by Crippen LogP contribution is 2.36. The Morgan fingerprint density at radius 2 is 1.57 bits per heavy atom. The van der Waals surface area contributed by atoms with E-state index in [1.807, 2.05) is 6.08 Å². The van der Waals surface area contributed by atoms with E-state index in [4.69, 9.17) is 10.8 Å². The van der Waals surface area contributed by atoms with E-state index in [1.165, 1.54) is 10.4 Å². The van der Waals surface area contributed by atoms with Crippen LogP contribution >= 0.6 is 0 Å². The summed E-state index contributed by atoms with van der Waals surface area (Å²) in [5.74, 6) is 2.47. The molecule has 0 heterocycles.